The third-order valence-electron chi connectivity index (χ3n) is 7.84. The van der Waals surface area contributed by atoms with Gasteiger partial charge in [-0.3, -0.25) is 30.2 Å². The number of methoxy groups -OCH3 is 3. The van der Waals surface area contributed by atoms with Gasteiger partial charge in [0.05, 0.1) is 83.1 Å². The number of rotatable bonds is 27. The number of hydrogen-bond acceptors (Lipinski definition) is 16. The van der Waals surface area contributed by atoms with Gasteiger partial charge in [-0.25, -0.2) is 14.6 Å². The van der Waals surface area contributed by atoms with Crippen molar-refractivity contribution in [2.75, 3.05) is 116 Å². The number of carbonyl (C=O) groups excluding carboxylic acids is 2. The molecule has 0 fully saturated rings. The van der Waals surface area contributed by atoms with Gasteiger partial charge in [-0.1, -0.05) is 0 Å². The Morgan fingerprint density at radius 1 is 0.650 bits per heavy atom. The summed E-state index contributed by atoms with van der Waals surface area (Å²) in [6.45, 7) is 3.69. The molecule has 4 rings (SSSR count). The second-order valence-electron chi connectivity index (χ2n) is 12.3. The molecule has 0 aliphatic carbocycles. The Hall–Kier alpha value is -6.46. The largest absolute Gasteiger partial charge is 0.497 e. The Balaban J connectivity index is 1.33. The molecule has 324 valence electrons. The van der Waals surface area contributed by atoms with Gasteiger partial charge < -0.3 is 48.7 Å². The molecule has 4 aromatic rings. The molecule has 2 aromatic carbocycles. The van der Waals surface area contributed by atoms with Gasteiger partial charge >= 0.3 is 12.1 Å². The zero-order chi connectivity index (χ0) is 42.8. The summed E-state index contributed by atoms with van der Waals surface area (Å²) >= 11 is 0. The number of nitrogens with one attached hydrogen (secondary N) is 6. The van der Waals surface area contributed by atoms with Gasteiger partial charge in [0.25, 0.3) is 11.1 Å². The van der Waals surface area contributed by atoms with Crippen molar-refractivity contribution >= 4 is 41.0 Å². The number of nitrogens with zero attached hydrogens (tertiary/aromatic N) is 5. The van der Waals surface area contributed by atoms with Gasteiger partial charge in [0, 0.05) is 52.2 Å². The lowest BCUT2D eigenvalue weighted by molar-refractivity contribution is 0.0192. The van der Waals surface area contributed by atoms with Crippen LogP contribution in [0.25, 0.3) is 0 Å². The predicted octanol–water partition coefficient (Wildman–Crippen LogP) is 2.95. The highest BCUT2D eigenvalue weighted by Gasteiger charge is 2.12. The first-order valence-corrected chi connectivity index (χ1v) is 18.8. The van der Waals surface area contributed by atoms with E-state index in [1.807, 2.05) is 17.0 Å². The van der Waals surface area contributed by atoms with E-state index in [1.165, 1.54) is 6.07 Å². The molecular formula is C38H51N11O11. The van der Waals surface area contributed by atoms with Crippen LogP contribution < -0.4 is 46.8 Å². The molecule has 0 bridgehead atoms. The average Bonchev–Trinajstić information content (AvgIpc) is 3.23. The monoisotopic (exact) mass is 837 g/mol. The van der Waals surface area contributed by atoms with E-state index in [2.05, 4.69) is 51.4 Å². The number of aromatic nitrogens is 4. The minimum atomic E-state index is -0.630. The van der Waals surface area contributed by atoms with E-state index in [0.717, 1.165) is 11.8 Å². The quantitative estimate of drug-likeness (QED) is 0.0373. The van der Waals surface area contributed by atoms with Gasteiger partial charge in [0.15, 0.2) is 0 Å². The lowest BCUT2D eigenvalue weighted by Crippen LogP contribution is -2.41. The fraction of sp³-hybridized carbons (Fsp3) is 0.421. The Morgan fingerprint density at radius 2 is 1.17 bits per heavy atom. The molecule has 0 aliphatic rings. The summed E-state index contributed by atoms with van der Waals surface area (Å²) in [4.78, 5) is 65.3. The lowest BCUT2D eigenvalue weighted by Gasteiger charge is -2.25. The number of urea groups is 2. The smallest absolute Gasteiger partial charge is 0.321 e. The second kappa shape index (κ2) is 26.5. The maximum Gasteiger partial charge on any atom is 0.321 e. The Bertz CT molecular complexity index is 2030. The van der Waals surface area contributed by atoms with Crippen LogP contribution in [-0.2, 0) is 30.3 Å². The molecule has 0 saturated heterocycles. The van der Waals surface area contributed by atoms with Gasteiger partial charge in [-0.15, -0.1) is 0 Å². The number of azo groups is 1. The predicted molar refractivity (Wildman–Crippen MR) is 220 cm³/mol. The Labute approximate surface area is 345 Å². The molecule has 0 aliphatic heterocycles. The van der Waals surface area contributed by atoms with E-state index < -0.39 is 23.2 Å². The van der Waals surface area contributed by atoms with Crippen LogP contribution in [0.1, 0.15) is 5.69 Å². The zero-order valence-electron chi connectivity index (χ0n) is 33.7. The van der Waals surface area contributed by atoms with E-state index in [1.54, 1.807) is 57.7 Å². The van der Waals surface area contributed by atoms with Crippen molar-refractivity contribution < 1.29 is 42.7 Å². The van der Waals surface area contributed by atoms with Gasteiger partial charge in [0.1, 0.15) is 12.4 Å². The van der Waals surface area contributed by atoms with E-state index in [9.17, 15) is 19.2 Å². The Kier molecular flexibility index (Phi) is 20.4. The summed E-state index contributed by atoms with van der Waals surface area (Å²) in [5, 5.41) is 19.1. The third kappa shape index (κ3) is 18.0. The molecule has 0 unspecified atom stereocenters. The van der Waals surface area contributed by atoms with Crippen molar-refractivity contribution in [2.24, 2.45) is 10.2 Å². The molecule has 0 saturated carbocycles. The Morgan fingerprint density at radius 3 is 1.75 bits per heavy atom. The summed E-state index contributed by atoms with van der Waals surface area (Å²) in [6, 6.07) is 15.6. The topological polar surface area (TPSA) is 266 Å². The number of ether oxygens (including phenoxy) is 7. The van der Waals surface area contributed by atoms with Crippen molar-refractivity contribution in [2.45, 2.75) is 6.61 Å². The molecule has 22 heteroatoms. The van der Waals surface area contributed by atoms with Gasteiger partial charge in [-0.05, 0) is 48.5 Å². The van der Waals surface area contributed by atoms with Crippen LogP contribution in [0.3, 0.4) is 0 Å². The summed E-state index contributed by atoms with van der Waals surface area (Å²) in [6.07, 6.45) is 0. The van der Waals surface area contributed by atoms with E-state index in [4.69, 9.17) is 33.2 Å². The van der Waals surface area contributed by atoms with Crippen LogP contribution in [0.4, 0.5) is 38.5 Å². The maximum absolute atomic E-state index is 12.8. The fourth-order valence-corrected chi connectivity index (χ4v) is 4.97. The van der Waals surface area contributed by atoms with Crippen LogP contribution >= 0.6 is 0 Å². The summed E-state index contributed by atoms with van der Waals surface area (Å²) in [5.41, 5.74) is 1.34. The summed E-state index contributed by atoms with van der Waals surface area (Å²) in [7, 11) is 4.73. The zero-order valence-corrected chi connectivity index (χ0v) is 33.7. The molecule has 0 spiro atoms. The normalized spacial score (nSPS) is 11.0. The molecule has 2 heterocycles. The first kappa shape index (κ1) is 46.2. The summed E-state index contributed by atoms with van der Waals surface area (Å²) in [5.74, 6) is 0.552. The second-order valence-corrected chi connectivity index (χ2v) is 12.3. The highest BCUT2D eigenvalue weighted by atomic mass is 16.5. The van der Waals surface area contributed by atoms with Crippen molar-refractivity contribution in [3.63, 3.8) is 0 Å². The first-order valence-electron chi connectivity index (χ1n) is 18.8. The molecule has 60 heavy (non-hydrogen) atoms. The number of amides is 4. The van der Waals surface area contributed by atoms with Crippen molar-refractivity contribution in [1.82, 2.24) is 30.6 Å². The third-order valence-corrected chi connectivity index (χ3v) is 7.84. The number of hydrogen-bond donors (Lipinski definition) is 6. The molecular weight excluding hydrogens is 786 g/mol. The lowest BCUT2D eigenvalue weighted by atomic mass is 10.2. The van der Waals surface area contributed by atoms with E-state index in [0.29, 0.717) is 68.9 Å². The van der Waals surface area contributed by atoms with Crippen molar-refractivity contribution in [3.8, 4) is 11.6 Å². The summed E-state index contributed by atoms with van der Waals surface area (Å²) < 4.78 is 36.7. The standard InChI is InChI=1S/C38H51N11O11/c1-54-16-18-57-20-21-59-26-29-24-32(50)42-35(41-29)45-37(52)39-12-14-49(30-8-4-27(5-9-30)47-48-28-6-10-31(56-3)11-7-28)15-13-40-38(53)46-36-43-33(51)25-34(44-36)60-23-22-58-19-17-55-2/h4-11,24-25H,12-23,26H2,1-3H3,(H3,39,41,42,45,50,52)(H3,40,43,44,46,51,53). The van der Waals surface area contributed by atoms with E-state index >= 15 is 0 Å². The molecule has 4 amide bonds. The van der Waals surface area contributed by atoms with Crippen LogP contribution in [0.15, 0.2) is 80.5 Å². The number of aromatic amines is 2. The van der Waals surface area contributed by atoms with Crippen molar-refractivity contribution in [3.05, 3.63) is 87.1 Å². The van der Waals surface area contributed by atoms with E-state index in [-0.39, 0.29) is 57.3 Å². The molecule has 0 atom stereocenters. The molecule has 0 radical (unpaired) electrons. The highest BCUT2D eigenvalue weighted by Crippen LogP contribution is 2.23. The molecule has 2 aromatic heterocycles. The first-order chi connectivity index (χ1) is 29.2. The minimum Gasteiger partial charge on any atom is -0.497 e. The molecule has 22 nitrogen and oxygen atoms in total. The number of carbonyl (C=O) groups is 2. The van der Waals surface area contributed by atoms with Crippen LogP contribution in [0.5, 0.6) is 11.6 Å². The number of anilines is 3. The number of H-pyrrole nitrogens is 2. The SMILES string of the molecule is COCCOCCOCc1cc(=O)[nH]c(NC(=O)NCCN(CCNC(=O)Nc2nc(OCCOCCOC)cc(=O)[nH]2)c2ccc(N=Nc3ccc(OC)cc3)cc2)n1. The minimum absolute atomic E-state index is 0.0125. The molecule has 6 N–H and O–H groups in total. The van der Waals surface area contributed by atoms with Crippen molar-refractivity contribution in [1.29, 1.82) is 0 Å². The highest BCUT2D eigenvalue weighted by molar-refractivity contribution is 5.87. The van der Waals surface area contributed by atoms with Crippen LogP contribution in [0.2, 0.25) is 0 Å². The van der Waals surface area contributed by atoms with Crippen LogP contribution in [0, 0.1) is 0 Å². The maximum atomic E-state index is 12.8. The van der Waals surface area contributed by atoms with Gasteiger partial charge in [-0.2, -0.15) is 15.2 Å². The van der Waals surface area contributed by atoms with Gasteiger partial charge in [0.2, 0.25) is 17.8 Å². The number of benzene rings is 2. The average molecular weight is 838 g/mol. The van der Waals surface area contributed by atoms with Crippen LogP contribution in [-0.4, -0.2) is 132 Å². The fourth-order valence-electron chi connectivity index (χ4n) is 4.97.